The maximum atomic E-state index is 12.7. The molecular weight excluding hydrogens is 536 g/mol. The molecule has 1 N–H and O–H groups in total. The molecule has 2 rings (SSSR count). The molecule has 1 heterocycles. The third-order valence-electron chi connectivity index (χ3n) is 5.23. The lowest BCUT2D eigenvalue weighted by atomic mass is 10.1. The fraction of sp³-hybridized carbons (Fsp3) is 0.682. The molecule has 0 saturated carbocycles. The number of methoxy groups -OCH3 is 1. The third kappa shape index (κ3) is 10.1. The Morgan fingerprint density at radius 3 is 2.69 bits per heavy atom. The van der Waals surface area contributed by atoms with Gasteiger partial charge in [0.2, 0.25) is 0 Å². The van der Waals surface area contributed by atoms with Crippen LogP contribution in [0.5, 0.6) is 5.75 Å². The predicted octanol–water partition coefficient (Wildman–Crippen LogP) is 4.00. The number of nitrogens with one attached hydrogen (secondary N) is 1. The second-order valence-electron chi connectivity index (χ2n) is 7.64. The van der Waals surface area contributed by atoms with E-state index in [9.17, 15) is 13.2 Å². The molecule has 1 aliphatic rings. The van der Waals surface area contributed by atoms with E-state index < -0.39 is 12.7 Å². The van der Waals surface area contributed by atoms with Gasteiger partial charge in [0.1, 0.15) is 5.75 Å². The Morgan fingerprint density at radius 1 is 1.28 bits per heavy atom. The fourth-order valence-electron chi connectivity index (χ4n) is 3.74. The van der Waals surface area contributed by atoms with Crippen LogP contribution >= 0.6 is 24.0 Å². The Kier molecular flexibility index (Phi) is 13.3. The summed E-state index contributed by atoms with van der Waals surface area (Å²) < 4.78 is 49.2. The van der Waals surface area contributed by atoms with E-state index in [1.165, 1.54) is 4.90 Å². The number of nitrogens with zero attached hydrogens (tertiary/aromatic N) is 3. The highest BCUT2D eigenvalue weighted by atomic mass is 127. The van der Waals surface area contributed by atoms with Crippen molar-refractivity contribution in [2.75, 3.05) is 59.5 Å². The van der Waals surface area contributed by atoms with Crippen molar-refractivity contribution >= 4 is 29.9 Å². The topological polar surface area (TPSA) is 49.3 Å². The molecule has 1 aliphatic heterocycles. The van der Waals surface area contributed by atoms with Crippen molar-refractivity contribution in [1.82, 2.24) is 15.1 Å². The molecule has 1 atom stereocenters. The molecule has 32 heavy (non-hydrogen) atoms. The van der Waals surface area contributed by atoms with Gasteiger partial charge in [0.25, 0.3) is 0 Å². The summed E-state index contributed by atoms with van der Waals surface area (Å²) in [5.41, 5.74) is 0.989. The van der Waals surface area contributed by atoms with Gasteiger partial charge in [-0.3, -0.25) is 9.89 Å². The lowest BCUT2D eigenvalue weighted by Gasteiger charge is -2.26. The van der Waals surface area contributed by atoms with E-state index in [0.29, 0.717) is 39.4 Å². The minimum atomic E-state index is -4.16. The SMILES string of the molecule is CCNC(=NCCOCc1ccccc1OC)N1CCC(CN(CC)CC(F)(F)F)C1.I. The van der Waals surface area contributed by atoms with E-state index in [-0.39, 0.29) is 29.9 Å². The molecule has 1 saturated heterocycles. The number of likely N-dealkylation sites (tertiary alicyclic amines) is 1. The van der Waals surface area contributed by atoms with Crippen LogP contribution in [-0.2, 0) is 11.3 Å². The zero-order valence-electron chi connectivity index (χ0n) is 19.2. The summed E-state index contributed by atoms with van der Waals surface area (Å²) in [5.74, 6) is 1.80. The normalized spacial score (nSPS) is 16.9. The minimum Gasteiger partial charge on any atom is -0.496 e. The van der Waals surface area contributed by atoms with Crippen LogP contribution in [0.3, 0.4) is 0 Å². The van der Waals surface area contributed by atoms with Gasteiger partial charge in [-0.2, -0.15) is 13.2 Å². The highest BCUT2D eigenvalue weighted by Crippen LogP contribution is 2.21. The first-order valence-electron chi connectivity index (χ1n) is 10.9. The number of hydrogen-bond acceptors (Lipinski definition) is 4. The van der Waals surface area contributed by atoms with Crippen LogP contribution < -0.4 is 10.1 Å². The van der Waals surface area contributed by atoms with Gasteiger partial charge in [-0.15, -0.1) is 24.0 Å². The molecule has 1 unspecified atom stereocenters. The molecule has 0 aliphatic carbocycles. The Morgan fingerprint density at radius 2 is 2.03 bits per heavy atom. The van der Waals surface area contributed by atoms with Gasteiger partial charge in [0.15, 0.2) is 5.96 Å². The number of rotatable bonds is 11. The van der Waals surface area contributed by atoms with E-state index in [4.69, 9.17) is 9.47 Å². The van der Waals surface area contributed by atoms with Gasteiger partial charge < -0.3 is 19.7 Å². The zero-order valence-corrected chi connectivity index (χ0v) is 21.5. The van der Waals surface area contributed by atoms with Crippen molar-refractivity contribution in [3.63, 3.8) is 0 Å². The first-order chi connectivity index (χ1) is 14.9. The van der Waals surface area contributed by atoms with Crippen LogP contribution in [0.2, 0.25) is 0 Å². The average Bonchev–Trinajstić information content (AvgIpc) is 3.19. The molecule has 10 heteroatoms. The lowest BCUT2D eigenvalue weighted by Crippen LogP contribution is -2.42. The van der Waals surface area contributed by atoms with Gasteiger partial charge in [-0.25, -0.2) is 0 Å². The number of ether oxygens (including phenoxy) is 2. The number of aliphatic imine (C=N–C) groups is 1. The number of para-hydroxylation sites is 1. The molecule has 1 aromatic carbocycles. The first kappa shape index (κ1) is 28.8. The lowest BCUT2D eigenvalue weighted by molar-refractivity contribution is -0.146. The van der Waals surface area contributed by atoms with Crippen LogP contribution in [0.15, 0.2) is 29.3 Å². The number of alkyl halides is 3. The van der Waals surface area contributed by atoms with E-state index in [0.717, 1.165) is 36.8 Å². The summed E-state index contributed by atoms with van der Waals surface area (Å²) in [6.45, 7) is 7.44. The standard InChI is InChI=1S/C22H35F3N4O2.HI/c1-4-26-21(27-11-13-31-16-19-8-6-7-9-20(19)30-3)29-12-10-18(15-29)14-28(5-2)17-22(23,24)25;/h6-9,18H,4-5,10-17H2,1-3H3,(H,26,27);1H. The summed E-state index contributed by atoms with van der Waals surface area (Å²) in [5, 5.41) is 3.28. The molecule has 0 radical (unpaired) electrons. The maximum absolute atomic E-state index is 12.7. The minimum absolute atomic E-state index is 0. The predicted molar refractivity (Wildman–Crippen MR) is 132 cm³/mol. The first-order valence-corrected chi connectivity index (χ1v) is 10.9. The van der Waals surface area contributed by atoms with Gasteiger partial charge in [0, 0.05) is 31.7 Å². The molecule has 1 fully saturated rings. The van der Waals surface area contributed by atoms with Crippen LogP contribution in [0.4, 0.5) is 13.2 Å². The van der Waals surface area contributed by atoms with Crippen molar-refractivity contribution in [1.29, 1.82) is 0 Å². The molecule has 0 spiro atoms. The van der Waals surface area contributed by atoms with Gasteiger partial charge >= 0.3 is 6.18 Å². The molecular formula is C22H36F3IN4O2. The van der Waals surface area contributed by atoms with Crippen LogP contribution in [0, 0.1) is 5.92 Å². The van der Waals surface area contributed by atoms with Crippen molar-refractivity contribution in [2.45, 2.75) is 33.1 Å². The summed E-state index contributed by atoms with van der Waals surface area (Å²) in [6.07, 6.45) is -3.29. The quantitative estimate of drug-likeness (QED) is 0.188. The molecule has 0 amide bonds. The van der Waals surface area contributed by atoms with E-state index >= 15 is 0 Å². The Bertz CT molecular complexity index is 691. The number of hydrogen-bond donors (Lipinski definition) is 1. The molecule has 1 aromatic rings. The molecule has 6 nitrogen and oxygen atoms in total. The van der Waals surface area contributed by atoms with Crippen LogP contribution in [0.1, 0.15) is 25.8 Å². The van der Waals surface area contributed by atoms with Crippen LogP contribution in [-0.4, -0.2) is 81.5 Å². The van der Waals surface area contributed by atoms with E-state index in [1.54, 1.807) is 14.0 Å². The van der Waals surface area contributed by atoms with Gasteiger partial charge in [0.05, 0.1) is 33.4 Å². The van der Waals surface area contributed by atoms with Crippen molar-refractivity contribution in [2.24, 2.45) is 10.9 Å². The average molecular weight is 572 g/mol. The van der Waals surface area contributed by atoms with E-state index in [1.807, 2.05) is 31.2 Å². The monoisotopic (exact) mass is 572 g/mol. The summed E-state index contributed by atoms with van der Waals surface area (Å²) >= 11 is 0. The van der Waals surface area contributed by atoms with Crippen LogP contribution in [0.25, 0.3) is 0 Å². The Hall–Kier alpha value is -1.27. The van der Waals surface area contributed by atoms with Crippen molar-refractivity contribution in [3.05, 3.63) is 29.8 Å². The number of halogens is 4. The maximum Gasteiger partial charge on any atom is 0.401 e. The molecule has 0 bridgehead atoms. The van der Waals surface area contributed by atoms with E-state index in [2.05, 4.69) is 15.2 Å². The number of benzene rings is 1. The third-order valence-corrected chi connectivity index (χ3v) is 5.23. The Labute approximate surface area is 206 Å². The second-order valence-corrected chi connectivity index (χ2v) is 7.64. The van der Waals surface area contributed by atoms with Gasteiger partial charge in [-0.05, 0) is 31.9 Å². The van der Waals surface area contributed by atoms with Gasteiger partial charge in [-0.1, -0.05) is 25.1 Å². The molecule has 184 valence electrons. The summed E-state index contributed by atoms with van der Waals surface area (Å²) in [7, 11) is 1.64. The number of guanidine groups is 1. The Balaban J connectivity index is 0.00000512. The van der Waals surface area contributed by atoms with Crippen molar-refractivity contribution in [3.8, 4) is 5.75 Å². The molecule has 0 aromatic heterocycles. The van der Waals surface area contributed by atoms with Crippen molar-refractivity contribution < 1.29 is 22.6 Å². The fourth-order valence-corrected chi connectivity index (χ4v) is 3.74. The second kappa shape index (κ2) is 14.8. The smallest absolute Gasteiger partial charge is 0.401 e. The largest absolute Gasteiger partial charge is 0.496 e. The summed E-state index contributed by atoms with van der Waals surface area (Å²) in [6, 6.07) is 7.73. The highest BCUT2D eigenvalue weighted by Gasteiger charge is 2.33. The highest BCUT2D eigenvalue weighted by molar-refractivity contribution is 14.0. The zero-order chi connectivity index (χ0) is 22.7. The summed E-state index contributed by atoms with van der Waals surface area (Å²) in [4.78, 5) is 8.25.